The topological polar surface area (TPSA) is 49.6 Å². The Balaban J connectivity index is 1.95. The van der Waals surface area contributed by atoms with Crippen LogP contribution in [0.4, 0.5) is 0 Å². The van der Waals surface area contributed by atoms with Crippen LogP contribution in [0.25, 0.3) is 5.52 Å². The lowest BCUT2D eigenvalue weighted by atomic mass is 10.2. The van der Waals surface area contributed by atoms with Gasteiger partial charge in [-0.2, -0.15) is 0 Å². The summed E-state index contributed by atoms with van der Waals surface area (Å²) in [5, 5.41) is 3.23. The van der Waals surface area contributed by atoms with E-state index in [-0.39, 0.29) is 5.91 Å². The number of hydrogen-bond donors (Lipinski definition) is 1. The van der Waals surface area contributed by atoms with E-state index in [1.807, 2.05) is 33.7 Å². The summed E-state index contributed by atoms with van der Waals surface area (Å²) in [6.45, 7) is 3.23. The molecule has 1 N–H and O–H groups in total. The van der Waals surface area contributed by atoms with Crippen molar-refractivity contribution in [2.24, 2.45) is 0 Å². The largest absolute Gasteiger partial charge is 0.335 e. The van der Waals surface area contributed by atoms with Gasteiger partial charge in [0.05, 0.1) is 5.52 Å². The highest BCUT2D eigenvalue weighted by Crippen LogP contribution is 2.12. The van der Waals surface area contributed by atoms with Gasteiger partial charge >= 0.3 is 0 Å². The van der Waals surface area contributed by atoms with Crippen molar-refractivity contribution in [3.05, 3.63) is 36.4 Å². The third-order valence-corrected chi connectivity index (χ3v) is 3.05. The summed E-state index contributed by atoms with van der Waals surface area (Å²) >= 11 is 0. The molecule has 1 saturated heterocycles. The van der Waals surface area contributed by atoms with Gasteiger partial charge in [-0.05, 0) is 12.1 Å². The average molecular weight is 230 g/mol. The summed E-state index contributed by atoms with van der Waals surface area (Å²) in [6.07, 6.45) is 3.58. The van der Waals surface area contributed by atoms with E-state index in [4.69, 9.17) is 0 Å². The molecule has 5 heteroatoms. The average Bonchev–Trinajstić information content (AvgIpc) is 2.83. The standard InChI is InChI=1S/C12H14N4O/c17-12(15-7-4-13-5-8-15)11-10-3-1-2-6-16(10)9-14-11/h1-3,6,9,13H,4-5,7-8H2. The fraction of sp³-hybridized carbons (Fsp3) is 0.333. The molecule has 0 bridgehead atoms. The molecule has 1 fully saturated rings. The van der Waals surface area contributed by atoms with Crippen LogP contribution in [0.2, 0.25) is 0 Å². The van der Waals surface area contributed by atoms with E-state index in [0.29, 0.717) is 5.69 Å². The summed E-state index contributed by atoms with van der Waals surface area (Å²) in [5.41, 5.74) is 1.42. The highest BCUT2D eigenvalue weighted by Gasteiger charge is 2.21. The molecular weight excluding hydrogens is 216 g/mol. The third kappa shape index (κ3) is 1.78. The predicted molar refractivity (Wildman–Crippen MR) is 64.0 cm³/mol. The minimum Gasteiger partial charge on any atom is -0.335 e. The summed E-state index contributed by atoms with van der Waals surface area (Å²) < 4.78 is 1.87. The van der Waals surface area contributed by atoms with Crippen LogP contribution >= 0.6 is 0 Å². The van der Waals surface area contributed by atoms with Gasteiger partial charge in [-0.25, -0.2) is 4.98 Å². The van der Waals surface area contributed by atoms with Crippen molar-refractivity contribution in [3.63, 3.8) is 0 Å². The van der Waals surface area contributed by atoms with E-state index in [1.54, 1.807) is 6.33 Å². The molecule has 2 aromatic rings. The minimum atomic E-state index is 0.0280. The smallest absolute Gasteiger partial charge is 0.274 e. The second-order valence-corrected chi connectivity index (χ2v) is 4.13. The first-order valence-electron chi connectivity index (χ1n) is 5.78. The first kappa shape index (κ1) is 10.3. The molecule has 0 atom stereocenters. The van der Waals surface area contributed by atoms with E-state index in [0.717, 1.165) is 31.7 Å². The van der Waals surface area contributed by atoms with Crippen molar-refractivity contribution in [3.8, 4) is 0 Å². The molecule has 1 amide bonds. The summed E-state index contributed by atoms with van der Waals surface area (Å²) in [5.74, 6) is 0.0280. The van der Waals surface area contributed by atoms with E-state index < -0.39 is 0 Å². The van der Waals surface area contributed by atoms with Gasteiger partial charge in [-0.15, -0.1) is 0 Å². The zero-order chi connectivity index (χ0) is 11.7. The van der Waals surface area contributed by atoms with Crippen LogP contribution in [-0.2, 0) is 0 Å². The zero-order valence-electron chi connectivity index (χ0n) is 9.47. The van der Waals surface area contributed by atoms with Crippen LogP contribution in [-0.4, -0.2) is 46.4 Å². The van der Waals surface area contributed by atoms with Gasteiger partial charge in [0.15, 0.2) is 5.69 Å². The van der Waals surface area contributed by atoms with E-state index >= 15 is 0 Å². The number of piperazine rings is 1. The number of pyridine rings is 1. The minimum absolute atomic E-state index is 0.0280. The lowest BCUT2D eigenvalue weighted by Crippen LogP contribution is -2.46. The maximum atomic E-state index is 12.3. The van der Waals surface area contributed by atoms with Gasteiger partial charge in [0.2, 0.25) is 0 Å². The molecule has 5 nitrogen and oxygen atoms in total. The van der Waals surface area contributed by atoms with Crippen LogP contribution in [0.5, 0.6) is 0 Å². The van der Waals surface area contributed by atoms with Gasteiger partial charge in [-0.1, -0.05) is 6.07 Å². The fourth-order valence-corrected chi connectivity index (χ4v) is 2.13. The Bertz CT molecular complexity index is 542. The van der Waals surface area contributed by atoms with Crippen LogP contribution in [0.3, 0.4) is 0 Å². The van der Waals surface area contributed by atoms with E-state index in [2.05, 4.69) is 10.3 Å². The molecule has 1 aliphatic heterocycles. The molecule has 17 heavy (non-hydrogen) atoms. The Kier molecular flexibility index (Phi) is 2.53. The van der Waals surface area contributed by atoms with Crippen molar-refractivity contribution in [2.45, 2.75) is 0 Å². The lowest BCUT2D eigenvalue weighted by molar-refractivity contribution is 0.0732. The predicted octanol–water partition coefficient (Wildman–Crippen LogP) is 0.380. The number of nitrogens with one attached hydrogen (secondary N) is 1. The van der Waals surface area contributed by atoms with Gasteiger partial charge < -0.3 is 14.6 Å². The molecule has 0 radical (unpaired) electrons. The van der Waals surface area contributed by atoms with E-state index in [1.165, 1.54) is 0 Å². The number of imidazole rings is 1. The second kappa shape index (κ2) is 4.18. The van der Waals surface area contributed by atoms with Gasteiger partial charge in [0.1, 0.15) is 6.33 Å². The molecule has 0 spiro atoms. The highest BCUT2D eigenvalue weighted by atomic mass is 16.2. The summed E-state index contributed by atoms with van der Waals surface area (Å²) in [4.78, 5) is 18.4. The summed E-state index contributed by atoms with van der Waals surface area (Å²) in [7, 11) is 0. The highest BCUT2D eigenvalue weighted by molar-refractivity contribution is 5.99. The number of carbonyl (C=O) groups is 1. The van der Waals surface area contributed by atoms with Gasteiger partial charge in [-0.3, -0.25) is 4.79 Å². The van der Waals surface area contributed by atoms with Crippen LogP contribution in [0.15, 0.2) is 30.7 Å². The van der Waals surface area contributed by atoms with Crippen molar-refractivity contribution in [1.82, 2.24) is 19.6 Å². The Labute approximate surface area is 99.1 Å². The van der Waals surface area contributed by atoms with Crippen molar-refractivity contribution in [2.75, 3.05) is 26.2 Å². The molecule has 1 aliphatic rings. The normalized spacial score (nSPS) is 16.4. The number of aromatic nitrogens is 2. The third-order valence-electron chi connectivity index (χ3n) is 3.05. The lowest BCUT2D eigenvalue weighted by Gasteiger charge is -2.26. The number of nitrogens with zero attached hydrogens (tertiary/aromatic N) is 3. The number of carbonyl (C=O) groups excluding carboxylic acids is 1. The van der Waals surface area contributed by atoms with Crippen LogP contribution in [0.1, 0.15) is 10.5 Å². The molecule has 0 aromatic carbocycles. The van der Waals surface area contributed by atoms with Crippen LogP contribution < -0.4 is 5.32 Å². The first-order valence-corrected chi connectivity index (χ1v) is 5.78. The maximum Gasteiger partial charge on any atom is 0.274 e. The van der Waals surface area contributed by atoms with Crippen LogP contribution in [0, 0.1) is 0 Å². The molecule has 2 aromatic heterocycles. The zero-order valence-corrected chi connectivity index (χ0v) is 9.47. The van der Waals surface area contributed by atoms with Gasteiger partial charge in [0.25, 0.3) is 5.91 Å². The quantitative estimate of drug-likeness (QED) is 0.770. The Hall–Kier alpha value is -1.88. The Morgan fingerprint density at radius 3 is 2.94 bits per heavy atom. The molecule has 0 unspecified atom stereocenters. The Morgan fingerprint density at radius 1 is 1.29 bits per heavy atom. The number of hydrogen-bond acceptors (Lipinski definition) is 3. The van der Waals surface area contributed by atoms with E-state index in [9.17, 15) is 4.79 Å². The number of amides is 1. The SMILES string of the molecule is O=C(c1ncn2ccccc12)N1CCNCC1. The molecule has 88 valence electrons. The molecule has 3 rings (SSSR count). The number of fused-ring (bicyclic) bond motifs is 1. The molecule has 3 heterocycles. The first-order chi connectivity index (χ1) is 8.36. The maximum absolute atomic E-state index is 12.3. The fourth-order valence-electron chi connectivity index (χ4n) is 2.13. The van der Waals surface area contributed by atoms with Crippen molar-refractivity contribution in [1.29, 1.82) is 0 Å². The molecule has 0 saturated carbocycles. The van der Waals surface area contributed by atoms with Crippen molar-refractivity contribution >= 4 is 11.4 Å². The summed E-state index contributed by atoms with van der Waals surface area (Å²) in [6, 6.07) is 5.77. The van der Waals surface area contributed by atoms with Gasteiger partial charge in [0, 0.05) is 32.4 Å². The van der Waals surface area contributed by atoms with Crippen molar-refractivity contribution < 1.29 is 4.79 Å². The monoisotopic (exact) mass is 230 g/mol. The second-order valence-electron chi connectivity index (χ2n) is 4.13. The number of rotatable bonds is 1. The molecule has 0 aliphatic carbocycles. The molecular formula is C12H14N4O. The Morgan fingerprint density at radius 2 is 2.12 bits per heavy atom.